The maximum Gasteiger partial charge on any atom is 0.251 e. The first-order valence-corrected chi connectivity index (χ1v) is 7.92. The summed E-state index contributed by atoms with van der Waals surface area (Å²) in [4.78, 5) is 21.6. The number of hydrogen-bond donors (Lipinski definition) is 1. The van der Waals surface area contributed by atoms with Gasteiger partial charge in [0.2, 0.25) is 0 Å². The van der Waals surface area contributed by atoms with Crippen molar-refractivity contribution in [2.24, 2.45) is 0 Å². The van der Waals surface area contributed by atoms with Crippen LogP contribution in [0.3, 0.4) is 0 Å². The predicted octanol–water partition coefficient (Wildman–Crippen LogP) is 1.99. The van der Waals surface area contributed by atoms with Crippen LogP contribution >= 0.6 is 11.8 Å². The van der Waals surface area contributed by atoms with Gasteiger partial charge in [0.05, 0.1) is 5.69 Å². The second-order valence-corrected chi connectivity index (χ2v) is 6.06. The van der Waals surface area contributed by atoms with Crippen LogP contribution in [0, 0.1) is 0 Å². The Labute approximate surface area is 122 Å². The van der Waals surface area contributed by atoms with Crippen molar-refractivity contribution >= 4 is 11.8 Å². The first-order valence-electron chi connectivity index (χ1n) is 6.77. The molecule has 0 unspecified atom stereocenters. The van der Waals surface area contributed by atoms with Crippen LogP contribution in [0.4, 0.5) is 0 Å². The molecule has 20 heavy (non-hydrogen) atoms. The first-order chi connectivity index (χ1) is 9.81. The van der Waals surface area contributed by atoms with Gasteiger partial charge >= 0.3 is 0 Å². The van der Waals surface area contributed by atoms with E-state index in [0.29, 0.717) is 5.82 Å². The summed E-state index contributed by atoms with van der Waals surface area (Å²) in [6.45, 7) is 2.89. The fourth-order valence-corrected chi connectivity index (χ4v) is 3.29. The molecule has 0 radical (unpaired) electrons. The molecule has 0 atom stereocenters. The highest BCUT2D eigenvalue weighted by atomic mass is 32.2. The van der Waals surface area contributed by atoms with E-state index in [1.165, 1.54) is 0 Å². The molecule has 0 aliphatic carbocycles. The quantitative estimate of drug-likeness (QED) is 0.938. The summed E-state index contributed by atoms with van der Waals surface area (Å²) in [5.41, 5.74) is 1.71. The maximum atomic E-state index is 11.8. The molecule has 1 aromatic heterocycles. The number of rotatable bonds is 3. The Balaban J connectivity index is 1.85. The number of nitrogens with one attached hydrogen (secondary N) is 1. The van der Waals surface area contributed by atoms with Gasteiger partial charge in [0, 0.05) is 42.8 Å². The van der Waals surface area contributed by atoms with Gasteiger partial charge in [0.1, 0.15) is 5.82 Å². The molecule has 0 saturated carbocycles. The highest BCUT2D eigenvalue weighted by Crippen LogP contribution is 2.15. The molecule has 0 amide bonds. The summed E-state index contributed by atoms with van der Waals surface area (Å²) in [6.07, 6.45) is 0. The van der Waals surface area contributed by atoms with Crippen molar-refractivity contribution < 1.29 is 0 Å². The van der Waals surface area contributed by atoms with Crippen LogP contribution in [0.25, 0.3) is 11.4 Å². The van der Waals surface area contributed by atoms with Gasteiger partial charge in [-0.3, -0.25) is 9.69 Å². The van der Waals surface area contributed by atoms with E-state index in [9.17, 15) is 4.79 Å². The zero-order valence-corrected chi connectivity index (χ0v) is 12.0. The molecule has 1 saturated heterocycles. The largest absolute Gasteiger partial charge is 0.307 e. The van der Waals surface area contributed by atoms with E-state index in [4.69, 9.17) is 0 Å². The Morgan fingerprint density at radius 3 is 2.70 bits per heavy atom. The van der Waals surface area contributed by atoms with Crippen LogP contribution in [0.2, 0.25) is 0 Å². The maximum absolute atomic E-state index is 11.8. The SMILES string of the molecule is O=c1cc(CN2CCSCC2)nc(-c2ccccc2)[nH]1. The van der Waals surface area contributed by atoms with Crippen molar-refractivity contribution in [2.45, 2.75) is 6.54 Å². The molecule has 0 spiro atoms. The van der Waals surface area contributed by atoms with Gasteiger partial charge in [-0.25, -0.2) is 4.98 Å². The van der Waals surface area contributed by atoms with E-state index in [1.807, 2.05) is 42.1 Å². The average Bonchev–Trinajstić information content (AvgIpc) is 2.49. The van der Waals surface area contributed by atoms with Crippen LogP contribution in [0.5, 0.6) is 0 Å². The second kappa shape index (κ2) is 6.24. The van der Waals surface area contributed by atoms with E-state index in [0.717, 1.165) is 42.4 Å². The van der Waals surface area contributed by atoms with Gasteiger partial charge in [0.25, 0.3) is 5.56 Å². The zero-order valence-electron chi connectivity index (χ0n) is 11.2. The minimum atomic E-state index is -0.0831. The highest BCUT2D eigenvalue weighted by molar-refractivity contribution is 7.99. The van der Waals surface area contributed by atoms with Gasteiger partial charge in [0.15, 0.2) is 0 Å². The molecule has 3 rings (SSSR count). The van der Waals surface area contributed by atoms with Crippen LogP contribution in [0.15, 0.2) is 41.2 Å². The molecule has 2 heterocycles. The van der Waals surface area contributed by atoms with Crippen molar-refractivity contribution in [1.29, 1.82) is 0 Å². The van der Waals surface area contributed by atoms with Crippen molar-refractivity contribution in [3.8, 4) is 11.4 Å². The number of H-pyrrole nitrogens is 1. The molecule has 2 aromatic rings. The smallest absolute Gasteiger partial charge is 0.251 e. The molecule has 1 aliphatic rings. The minimum Gasteiger partial charge on any atom is -0.307 e. The Morgan fingerprint density at radius 1 is 1.20 bits per heavy atom. The Kier molecular flexibility index (Phi) is 4.18. The predicted molar refractivity (Wildman–Crippen MR) is 82.9 cm³/mol. The van der Waals surface area contributed by atoms with E-state index in [-0.39, 0.29) is 5.56 Å². The Morgan fingerprint density at radius 2 is 1.95 bits per heavy atom. The molecule has 1 aromatic carbocycles. The summed E-state index contributed by atoms with van der Waals surface area (Å²) < 4.78 is 0. The van der Waals surface area contributed by atoms with Crippen molar-refractivity contribution in [2.75, 3.05) is 24.6 Å². The molecule has 1 fully saturated rings. The molecule has 5 heteroatoms. The topological polar surface area (TPSA) is 49.0 Å². The lowest BCUT2D eigenvalue weighted by atomic mass is 10.2. The fraction of sp³-hybridized carbons (Fsp3) is 0.333. The van der Waals surface area contributed by atoms with Crippen LogP contribution < -0.4 is 5.56 Å². The zero-order chi connectivity index (χ0) is 13.8. The van der Waals surface area contributed by atoms with Crippen LogP contribution in [0.1, 0.15) is 5.69 Å². The van der Waals surface area contributed by atoms with Crippen LogP contribution in [-0.2, 0) is 6.54 Å². The Bertz CT molecular complexity index is 621. The lowest BCUT2D eigenvalue weighted by Gasteiger charge is -2.25. The third-order valence-electron chi connectivity index (χ3n) is 3.33. The molecule has 4 nitrogen and oxygen atoms in total. The van der Waals surface area contributed by atoms with Crippen molar-refractivity contribution in [1.82, 2.24) is 14.9 Å². The number of hydrogen-bond acceptors (Lipinski definition) is 4. The summed E-state index contributed by atoms with van der Waals surface area (Å²) in [5.74, 6) is 2.98. The summed E-state index contributed by atoms with van der Waals surface area (Å²) >= 11 is 1.98. The summed E-state index contributed by atoms with van der Waals surface area (Å²) in [5, 5.41) is 0. The highest BCUT2D eigenvalue weighted by Gasteiger charge is 2.12. The van der Waals surface area contributed by atoms with E-state index >= 15 is 0 Å². The standard InChI is InChI=1S/C15H17N3OS/c19-14-10-13(11-18-6-8-20-9-7-18)16-15(17-14)12-4-2-1-3-5-12/h1-5,10H,6-9,11H2,(H,16,17,19). The van der Waals surface area contributed by atoms with Gasteiger partial charge in [-0.1, -0.05) is 30.3 Å². The normalized spacial score (nSPS) is 16.2. The van der Waals surface area contributed by atoms with E-state index in [1.54, 1.807) is 6.07 Å². The molecule has 104 valence electrons. The lowest BCUT2D eigenvalue weighted by molar-refractivity contribution is 0.291. The lowest BCUT2D eigenvalue weighted by Crippen LogP contribution is -2.32. The van der Waals surface area contributed by atoms with Crippen molar-refractivity contribution in [3.63, 3.8) is 0 Å². The number of aromatic amines is 1. The summed E-state index contributed by atoms with van der Waals surface area (Å²) in [7, 11) is 0. The van der Waals surface area contributed by atoms with Crippen molar-refractivity contribution in [3.05, 3.63) is 52.4 Å². The monoisotopic (exact) mass is 287 g/mol. The fourth-order valence-electron chi connectivity index (χ4n) is 2.31. The van der Waals surface area contributed by atoms with Gasteiger partial charge in [-0.2, -0.15) is 11.8 Å². The second-order valence-electron chi connectivity index (χ2n) is 4.84. The first kappa shape index (κ1) is 13.4. The Hall–Kier alpha value is -1.59. The third kappa shape index (κ3) is 3.29. The minimum absolute atomic E-state index is 0.0831. The van der Waals surface area contributed by atoms with Gasteiger partial charge in [-0.15, -0.1) is 0 Å². The number of aromatic nitrogens is 2. The number of thioether (sulfide) groups is 1. The molecule has 1 N–H and O–H groups in total. The average molecular weight is 287 g/mol. The molecule has 0 bridgehead atoms. The van der Waals surface area contributed by atoms with E-state index < -0.39 is 0 Å². The third-order valence-corrected chi connectivity index (χ3v) is 4.27. The van der Waals surface area contributed by atoms with Crippen LogP contribution in [-0.4, -0.2) is 39.5 Å². The van der Waals surface area contributed by atoms with Gasteiger partial charge < -0.3 is 4.98 Å². The van der Waals surface area contributed by atoms with E-state index in [2.05, 4.69) is 14.9 Å². The number of benzene rings is 1. The summed E-state index contributed by atoms with van der Waals surface area (Å²) in [6, 6.07) is 11.4. The molecule has 1 aliphatic heterocycles. The van der Waals surface area contributed by atoms with Gasteiger partial charge in [-0.05, 0) is 0 Å². The molecular weight excluding hydrogens is 270 g/mol. The molecular formula is C15H17N3OS. The number of nitrogens with zero attached hydrogens (tertiary/aromatic N) is 2.